The molecule has 0 saturated heterocycles. The van der Waals surface area contributed by atoms with Crippen LogP contribution in [-0.4, -0.2) is 52.8 Å². The van der Waals surface area contributed by atoms with Gasteiger partial charge in [-0.2, -0.15) is 0 Å². The van der Waals surface area contributed by atoms with Gasteiger partial charge in [0, 0.05) is 31.9 Å². The number of aryl methyl sites for hydroxylation is 1. The van der Waals surface area contributed by atoms with Gasteiger partial charge in [0.05, 0.1) is 29.9 Å². The topological polar surface area (TPSA) is 140 Å². The first-order valence-corrected chi connectivity index (χ1v) is 10.6. The van der Waals surface area contributed by atoms with E-state index in [0.717, 1.165) is 0 Å². The summed E-state index contributed by atoms with van der Waals surface area (Å²) in [6, 6.07) is 6.79. The van der Waals surface area contributed by atoms with Gasteiger partial charge >= 0.3 is 5.97 Å². The number of carboxylic acid groups (broad SMARTS) is 1. The lowest BCUT2D eigenvalue weighted by Gasteiger charge is -2.17. The Balaban J connectivity index is 2.51. The van der Waals surface area contributed by atoms with E-state index in [2.05, 4.69) is 10.0 Å². The van der Waals surface area contributed by atoms with Gasteiger partial charge in [-0.3, -0.25) is 9.52 Å². The van der Waals surface area contributed by atoms with Crippen molar-refractivity contribution in [1.29, 1.82) is 0 Å². The lowest BCUT2D eigenvalue weighted by molar-refractivity contribution is -0.114. The molecule has 0 fully saturated rings. The van der Waals surface area contributed by atoms with Crippen molar-refractivity contribution in [1.82, 2.24) is 0 Å². The summed E-state index contributed by atoms with van der Waals surface area (Å²) in [6.07, 6.45) is 0. The number of aromatic carboxylic acids is 1. The lowest BCUT2D eigenvalue weighted by Crippen LogP contribution is -2.18. The molecule has 168 valence electrons. The molecule has 10 nitrogen and oxygen atoms in total. The van der Waals surface area contributed by atoms with Crippen LogP contribution in [0.15, 0.2) is 35.2 Å². The summed E-state index contributed by atoms with van der Waals surface area (Å²) in [4.78, 5) is 22.9. The van der Waals surface area contributed by atoms with Gasteiger partial charge in [-0.05, 0) is 24.6 Å². The second-order valence-corrected chi connectivity index (χ2v) is 8.11. The van der Waals surface area contributed by atoms with Crippen LogP contribution in [0.2, 0.25) is 0 Å². The number of nitrogens with one attached hydrogen (secondary N) is 2. The van der Waals surface area contributed by atoms with Crippen LogP contribution in [0.4, 0.5) is 11.4 Å². The molecule has 31 heavy (non-hydrogen) atoms. The number of hydrogen-bond acceptors (Lipinski definition) is 7. The second kappa shape index (κ2) is 10.1. The predicted molar refractivity (Wildman–Crippen MR) is 114 cm³/mol. The van der Waals surface area contributed by atoms with E-state index in [-0.39, 0.29) is 52.5 Å². The fraction of sp³-hybridized carbons (Fsp3) is 0.300. The predicted octanol–water partition coefficient (Wildman–Crippen LogP) is 2.49. The molecule has 0 unspecified atom stereocenters. The quantitative estimate of drug-likeness (QED) is 0.467. The van der Waals surface area contributed by atoms with Gasteiger partial charge in [0.25, 0.3) is 10.0 Å². The van der Waals surface area contributed by atoms with Crippen molar-refractivity contribution in [3.05, 3.63) is 41.5 Å². The fourth-order valence-electron chi connectivity index (χ4n) is 2.70. The molecule has 0 aromatic heterocycles. The van der Waals surface area contributed by atoms with Gasteiger partial charge in [0.1, 0.15) is 6.61 Å². The zero-order valence-electron chi connectivity index (χ0n) is 17.5. The second-order valence-electron chi connectivity index (χ2n) is 6.46. The summed E-state index contributed by atoms with van der Waals surface area (Å²) in [7, 11) is -1.38. The van der Waals surface area contributed by atoms with Gasteiger partial charge < -0.3 is 24.6 Å². The third kappa shape index (κ3) is 6.09. The van der Waals surface area contributed by atoms with Gasteiger partial charge in [0.2, 0.25) is 5.91 Å². The Morgan fingerprint density at radius 1 is 1.06 bits per heavy atom. The number of carbonyl (C=O) groups is 2. The largest absolute Gasteiger partial charge is 0.493 e. The highest BCUT2D eigenvalue weighted by Crippen LogP contribution is 2.35. The third-order valence-electron chi connectivity index (χ3n) is 4.12. The molecule has 1 amide bonds. The molecule has 11 heteroatoms. The minimum atomic E-state index is -4.21. The molecule has 0 saturated carbocycles. The molecule has 2 aromatic rings. The molecule has 2 rings (SSSR count). The van der Waals surface area contributed by atoms with Crippen LogP contribution in [0.3, 0.4) is 0 Å². The van der Waals surface area contributed by atoms with Gasteiger partial charge in [-0.1, -0.05) is 6.07 Å². The van der Waals surface area contributed by atoms with Crippen molar-refractivity contribution < 1.29 is 37.3 Å². The van der Waals surface area contributed by atoms with Crippen molar-refractivity contribution in [2.24, 2.45) is 0 Å². The third-order valence-corrected chi connectivity index (χ3v) is 5.63. The Hall–Kier alpha value is -3.31. The number of anilines is 2. The first-order valence-electron chi connectivity index (χ1n) is 9.07. The molecule has 0 aliphatic carbocycles. The molecule has 0 aliphatic heterocycles. The maximum atomic E-state index is 13.1. The van der Waals surface area contributed by atoms with E-state index >= 15 is 0 Å². The average molecular weight is 452 g/mol. The summed E-state index contributed by atoms with van der Waals surface area (Å²) in [5.41, 5.74) is 0.166. The van der Waals surface area contributed by atoms with E-state index in [1.807, 2.05) is 0 Å². The molecule has 0 radical (unpaired) electrons. The van der Waals surface area contributed by atoms with E-state index in [9.17, 15) is 23.1 Å². The Kier molecular flexibility index (Phi) is 7.83. The molecular formula is C20H24N2O8S. The number of carbonyl (C=O) groups excluding carboxylic acids is 1. The number of ether oxygens (including phenoxy) is 3. The SMILES string of the molecule is COCCOc1cc(NS(=O)(=O)c2cc(NC(C)=O)ccc2C)c(C(=O)O)cc1OC. The van der Waals surface area contributed by atoms with Crippen LogP contribution in [0.25, 0.3) is 0 Å². The Morgan fingerprint density at radius 3 is 2.35 bits per heavy atom. The maximum Gasteiger partial charge on any atom is 0.337 e. The normalized spacial score (nSPS) is 11.0. The number of methoxy groups -OCH3 is 2. The Labute approximate surface area is 180 Å². The molecule has 0 heterocycles. The first-order chi connectivity index (χ1) is 14.6. The van der Waals surface area contributed by atoms with Crippen LogP contribution in [0.1, 0.15) is 22.8 Å². The van der Waals surface area contributed by atoms with Gasteiger partial charge in [0.15, 0.2) is 11.5 Å². The molecule has 2 aromatic carbocycles. The molecule has 0 atom stereocenters. The number of hydrogen-bond donors (Lipinski definition) is 3. The van der Waals surface area contributed by atoms with E-state index in [4.69, 9.17) is 14.2 Å². The number of rotatable bonds is 10. The standard InChI is InChI=1S/C20H24N2O8S/c1-12-5-6-14(21-13(2)23)9-19(12)31(26,27)22-16-11-18(30-8-7-28-3)17(29-4)10-15(16)20(24)25/h5-6,9-11,22H,7-8H2,1-4H3,(H,21,23)(H,24,25). The molecule has 0 bridgehead atoms. The average Bonchev–Trinajstić information content (AvgIpc) is 2.68. The fourth-order valence-corrected chi connectivity index (χ4v) is 4.04. The lowest BCUT2D eigenvalue weighted by atomic mass is 10.1. The summed E-state index contributed by atoms with van der Waals surface area (Å²) in [6.45, 7) is 3.29. The minimum absolute atomic E-state index is 0.118. The number of carboxylic acids is 1. The highest BCUT2D eigenvalue weighted by molar-refractivity contribution is 7.92. The van der Waals surface area contributed by atoms with Crippen LogP contribution in [-0.2, 0) is 19.6 Å². The van der Waals surface area contributed by atoms with Crippen molar-refractivity contribution in [3.8, 4) is 11.5 Å². The number of amides is 1. The summed E-state index contributed by atoms with van der Waals surface area (Å²) < 4.78 is 44.0. The van der Waals surface area contributed by atoms with Gasteiger partial charge in [-0.25, -0.2) is 13.2 Å². The minimum Gasteiger partial charge on any atom is -0.493 e. The summed E-state index contributed by atoms with van der Waals surface area (Å²) in [5, 5.41) is 12.1. The molecular weight excluding hydrogens is 428 g/mol. The van der Waals surface area contributed by atoms with Crippen molar-refractivity contribution in [2.45, 2.75) is 18.7 Å². The Morgan fingerprint density at radius 2 is 1.77 bits per heavy atom. The van der Waals surface area contributed by atoms with Crippen LogP contribution >= 0.6 is 0 Å². The number of benzene rings is 2. The summed E-state index contributed by atoms with van der Waals surface area (Å²) >= 11 is 0. The van der Waals surface area contributed by atoms with Crippen LogP contribution in [0, 0.1) is 6.92 Å². The zero-order chi connectivity index (χ0) is 23.2. The van der Waals surface area contributed by atoms with Crippen molar-refractivity contribution in [2.75, 3.05) is 37.5 Å². The van der Waals surface area contributed by atoms with Crippen LogP contribution < -0.4 is 19.5 Å². The van der Waals surface area contributed by atoms with Crippen molar-refractivity contribution in [3.63, 3.8) is 0 Å². The Bertz CT molecular complexity index is 1080. The first kappa shape index (κ1) is 24.0. The van der Waals surface area contributed by atoms with E-state index in [0.29, 0.717) is 5.56 Å². The zero-order valence-corrected chi connectivity index (χ0v) is 18.3. The van der Waals surface area contributed by atoms with E-state index < -0.39 is 16.0 Å². The van der Waals surface area contributed by atoms with Crippen molar-refractivity contribution >= 4 is 33.3 Å². The smallest absolute Gasteiger partial charge is 0.337 e. The van der Waals surface area contributed by atoms with E-state index in [1.54, 1.807) is 13.0 Å². The highest BCUT2D eigenvalue weighted by Gasteiger charge is 2.23. The van der Waals surface area contributed by atoms with Gasteiger partial charge in [-0.15, -0.1) is 0 Å². The van der Waals surface area contributed by atoms with Crippen LogP contribution in [0.5, 0.6) is 11.5 Å². The molecule has 3 N–H and O–H groups in total. The highest BCUT2D eigenvalue weighted by atomic mass is 32.2. The molecule has 0 aliphatic rings. The maximum absolute atomic E-state index is 13.1. The van der Waals surface area contributed by atoms with E-state index in [1.165, 1.54) is 45.4 Å². The molecule has 0 spiro atoms. The summed E-state index contributed by atoms with van der Waals surface area (Å²) in [5.74, 6) is -1.45. The monoisotopic (exact) mass is 452 g/mol. The number of sulfonamides is 1.